The topological polar surface area (TPSA) is 52.7 Å². The third-order valence-corrected chi connectivity index (χ3v) is 5.37. The van der Waals surface area contributed by atoms with Crippen molar-refractivity contribution in [2.24, 2.45) is 0 Å². The smallest absolute Gasteiger partial charge is 0.338 e. The SMILES string of the molecule is O=C1CCCN1C(=O)NCCCCN1CC=C(c2ccc(C(F)(F)F)cc2)CC1. The first kappa shape index (κ1) is 21.4. The Bertz CT molecular complexity index is 759. The lowest BCUT2D eigenvalue weighted by molar-refractivity contribution is -0.137. The number of carbonyl (C=O) groups is 2. The van der Waals surface area contributed by atoms with Gasteiger partial charge in [-0.3, -0.25) is 14.6 Å². The van der Waals surface area contributed by atoms with Gasteiger partial charge >= 0.3 is 12.2 Å². The van der Waals surface area contributed by atoms with Gasteiger partial charge in [-0.15, -0.1) is 0 Å². The van der Waals surface area contributed by atoms with Crippen LogP contribution in [0.5, 0.6) is 0 Å². The van der Waals surface area contributed by atoms with Crippen molar-refractivity contribution in [1.82, 2.24) is 15.1 Å². The van der Waals surface area contributed by atoms with Crippen LogP contribution in [0.1, 0.15) is 43.2 Å². The van der Waals surface area contributed by atoms with Gasteiger partial charge in [0, 0.05) is 32.6 Å². The summed E-state index contributed by atoms with van der Waals surface area (Å²) in [6.07, 6.45) is 1.52. The van der Waals surface area contributed by atoms with Crippen molar-refractivity contribution in [3.63, 3.8) is 0 Å². The maximum atomic E-state index is 12.7. The van der Waals surface area contributed by atoms with Crippen LogP contribution in [0.25, 0.3) is 5.57 Å². The molecule has 0 atom stereocenters. The summed E-state index contributed by atoms with van der Waals surface area (Å²) in [5, 5.41) is 2.79. The average Bonchev–Trinajstić information content (AvgIpc) is 3.13. The van der Waals surface area contributed by atoms with Gasteiger partial charge in [-0.25, -0.2) is 4.79 Å². The van der Waals surface area contributed by atoms with Gasteiger partial charge in [0.05, 0.1) is 5.56 Å². The van der Waals surface area contributed by atoms with Crippen molar-refractivity contribution in [1.29, 1.82) is 0 Å². The predicted octanol–water partition coefficient (Wildman–Crippen LogP) is 3.91. The number of halogens is 3. The summed E-state index contributed by atoms with van der Waals surface area (Å²) in [6.45, 7) is 3.58. The van der Waals surface area contributed by atoms with E-state index >= 15 is 0 Å². The Morgan fingerprint density at radius 2 is 1.83 bits per heavy atom. The summed E-state index contributed by atoms with van der Waals surface area (Å²) in [7, 11) is 0. The lowest BCUT2D eigenvalue weighted by Crippen LogP contribution is -2.41. The second-order valence-corrected chi connectivity index (χ2v) is 7.44. The molecule has 1 aromatic rings. The lowest BCUT2D eigenvalue weighted by Gasteiger charge is -2.26. The molecule has 0 aromatic heterocycles. The third-order valence-electron chi connectivity index (χ3n) is 5.37. The number of hydrogen-bond donors (Lipinski definition) is 1. The minimum absolute atomic E-state index is 0.105. The van der Waals surface area contributed by atoms with E-state index in [2.05, 4.69) is 16.3 Å². The molecule has 2 aliphatic heterocycles. The Kier molecular flexibility index (Phi) is 6.95. The molecule has 3 amide bonds. The zero-order valence-electron chi connectivity index (χ0n) is 16.3. The van der Waals surface area contributed by atoms with E-state index in [-0.39, 0.29) is 11.9 Å². The van der Waals surface area contributed by atoms with E-state index in [0.717, 1.165) is 68.6 Å². The standard InChI is InChI=1S/C21H26F3N3O2/c22-21(23,24)18-7-5-16(6-8-18)17-9-14-26(15-10-17)12-2-1-11-25-20(29)27-13-3-4-19(27)28/h5-9H,1-4,10-15H2,(H,25,29). The fourth-order valence-electron chi connectivity index (χ4n) is 3.66. The number of nitrogens with one attached hydrogen (secondary N) is 1. The number of imide groups is 1. The van der Waals surface area contributed by atoms with Crippen molar-refractivity contribution >= 4 is 17.5 Å². The summed E-state index contributed by atoms with van der Waals surface area (Å²) in [6, 6.07) is 5.05. The Labute approximate surface area is 168 Å². The average molecular weight is 409 g/mol. The van der Waals surface area contributed by atoms with Gasteiger partial charge in [-0.1, -0.05) is 18.2 Å². The summed E-state index contributed by atoms with van der Waals surface area (Å²) in [4.78, 5) is 27.0. The van der Waals surface area contributed by atoms with Gasteiger partial charge in [-0.05, 0) is 55.5 Å². The molecule has 0 bridgehead atoms. The van der Waals surface area contributed by atoms with Crippen molar-refractivity contribution < 1.29 is 22.8 Å². The minimum atomic E-state index is -4.31. The first-order valence-corrected chi connectivity index (χ1v) is 10.0. The molecule has 0 aliphatic carbocycles. The van der Waals surface area contributed by atoms with Gasteiger partial charge < -0.3 is 5.32 Å². The van der Waals surface area contributed by atoms with Crippen LogP contribution in [0.4, 0.5) is 18.0 Å². The van der Waals surface area contributed by atoms with Gasteiger partial charge in [0.2, 0.25) is 5.91 Å². The molecular formula is C21H26F3N3O2. The number of unbranched alkanes of at least 4 members (excludes halogenated alkanes) is 1. The number of amides is 3. The molecule has 8 heteroatoms. The number of alkyl halides is 3. The molecule has 1 fully saturated rings. The monoisotopic (exact) mass is 409 g/mol. The van der Waals surface area contributed by atoms with Crippen molar-refractivity contribution in [2.45, 2.75) is 38.3 Å². The molecule has 1 aromatic carbocycles. The molecule has 158 valence electrons. The van der Waals surface area contributed by atoms with Crippen LogP contribution >= 0.6 is 0 Å². The molecule has 3 rings (SSSR count). The highest BCUT2D eigenvalue weighted by molar-refractivity contribution is 5.95. The summed E-state index contributed by atoms with van der Waals surface area (Å²) < 4.78 is 38.0. The molecule has 0 spiro atoms. The molecule has 0 radical (unpaired) electrons. The van der Waals surface area contributed by atoms with E-state index in [1.165, 1.54) is 17.0 Å². The minimum Gasteiger partial charge on any atom is -0.338 e. The Hall–Kier alpha value is -2.35. The zero-order valence-corrected chi connectivity index (χ0v) is 16.3. The number of benzene rings is 1. The van der Waals surface area contributed by atoms with Gasteiger partial charge in [-0.2, -0.15) is 13.2 Å². The maximum Gasteiger partial charge on any atom is 0.416 e. The highest BCUT2D eigenvalue weighted by atomic mass is 19.4. The first-order valence-electron chi connectivity index (χ1n) is 10.0. The zero-order chi connectivity index (χ0) is 20.9. The second kappa shape index (κ2) is 9.43. The molecule has 0 unspecified atom stereocenters. The molecule has 2 aliphatic rings. The van der Waals surface area contributed by atoms with Gasteiger partial charge in [0.1, 0.15) is 0 Å². The van der Waals surface area contributed by atoms with E-state index in [4.69, 9.17) is 0 Å². The first-order chi connectivity index (χ1) is 13.8. The van der Waals surface area contributed by atoms with Crippen LogP contribution in [0, 0.1) is 0 Å². The fraction of sp³-hybridized carbons (Fsp3) is 0.524. The molecule has 2 heterocycles. The van der Waals surface area contributed by atoms with Crippen LogP contribution in [0.15, 0.2) is 30.3 Å². The fourth-order valence-corrected chi connectivity index (χ4v) is 3.66. The van der Waals surface area contributed by atoms with Crippen LogP contribution < -0.4 is 5.32 Å². The van der Waals surface area contributed by atoms with Crippen LogP contribution in [-0.2, 0) is 11.0 Å². The van der Waals surface area contributed by atoms with Gasteiger partial charge in [0.15, 0.2) is 0 Å². The second-order valence-electron chi connectivity index (χ2n) is 7.44. The lowest BCUT2D eigenvalue weighted by atomic mass is 9.98. The number of urea groups is 1. The van der Waals surface area contributed by atoms with Crippen LogP contribution in [0.2, 0.25) is 0 Å². The summed E-state index contributed by atoms with van der Waals surface area (Å²) >= 11 is 0. The Balaban J connectivity index is 1.35. The Morgan fingerprint density at radius 1 is 1.07 bits per heavy atom. The van der Waals surface area contributed by atoms with E-state index in [1.807, 2.05) is 0 Å². The normalized spacial score (nSPS) is 18.1. The summed E-state index contributed by atoms with van der Waals surface area (Å²) in [5.74, 6) is -0.105. The molecule has 1 N–H and O–H groups in total. The molecule has 29 heavy (non-hydrogen) atoms. The predicted molar refractivity (Wildman–Crippen MR) is 104 cm³/mol. The van der Waals surface area contributed by atoms with Crippen molar-refractivity contribution in [3.8, 4) is 0 Å². The number of hydrogen-bond acceptors (Lipinski definition) is 3. The molecule has 5 nitrogen and oxygen atoms in total. The highest BCUT2D eigenvalue weighted by Gasteiger charge is 2.30. The quantitative estimate of drug-likeness (QED) is 0.725. The van der Waals surface area contributed by atoms with Crippen LogP contribution in [0.3, 0.4) is 0 Å². The number of nitrogens with zero attached hydrogens (tertiary/aromatic N) is 2. The van der Waals surface area contributed by atoms with Crippen molar-refractivity contribution in [2.75, 3.05) is 32.7 Å². The van der Waals surface area contributed by atoms with E-state index in [1.54, 1.807) is 0 Å². The summed E-state index contributed by atoms with van der Waals surface area (Å²) in [5.41, 5.74) is 1.30. The third kappa shape index (κ3) is 5.82. The van der Waals surface area contributed by atoms with E-state index in [0.29, 0.717) is 19.5 Å². The highest BCUT2D eigenvalue weighted by Crippen LogP contribution is 2.31. The molecule has 0 saturated carbocycles. The van der Waals surface area contributed by atoms with E-state index in [9.17, 15) is 22.8 Å². The number of rotatable bonds is 6. The maximum absolute atomic E-state index is 12.7. The number of likely N-dealkylation sites (tertiary alicyclic amines) is 1. The number of carbonyl (C=O) groups excluding carboxylic acids is 2. The van der Waals surface area contributed by atoms with E-state index < -0.39 is 11.7 Å². The largest absolute Gasteiger partial charge is 0.416 e. The Morgan fingerprint density at radius 3 is 2.41 bits per heavy atom. The molecule has 1 saturated heterocycles. The van der Waals surface area contributed by atoms with Gasteiger partial charge in [0.25, 0.3) is 0 Å². The molecular weight excluding hydrogens is 383 g/mol. The van der Waals surface area contributed by atoms with Crippen molar-refractivity contribution in [3.05, 3.63) is 41.5 Å². The van der Waals surface area contributed by atoms with Crippen LogP contribution in [-0.4, -0.2) is 54.5 Å².